The van der Waals surface area contributed by atoms with Gasteiger partial charge >= 0.3 is 12.1 Å². The van der Waals surface area contributed by atoms with Crippen molar-refractivity contribution in [1.82, 2.24) is 4.90 Å². The number of carbonyl (C=O) groups excluding carboxylic acids is 2. The molecule has 1 aliphatic heterocycles. The number of likely N-dealkylation sites (tertiary alicyclic amines) is 1. The fourth-order valence-electron chi connectivity index (χ4n) is 2.85. The van der Waals surface area contributed by atoms with Gasteiger partial charge in [-0.25, -0.2) is 9.59 Å². The molecule has 25 heavy (non-hydrogen) atoms. The maximum absolute atomic E-state index is 12.1. The Kier molecular flexibility index (Phi) is 6.11. The number of aliphatic hydroxyl groups is 1. The van der Waals surface area contributed by atoms with Crippen LogP contribution in [0.15, 0.2) is 22.7 Å². The first-order chi connectivity index (χ1) is 11.6. The van der Waals surface area contributed by atoms with E-state index in [-0.39, 0.29) is 12.5 Å². The van der Waals surface area contributed by atoms with E-state index in [1.165, 1.54) is 12.0 Å². The minimum Gasteiger partial charge on any atom is -0.465 e. The van der Waals surface area contributed by atoms with Gasteiger partial charge in [-0.2, -0.15) is 0 Å². The Hall–Kier alpha value is -1.60. The summed E-state index contributed by atoms with van der Waals surface area (Å²) in [6, 6.07) is 5.32. The molecule has 6 nitrogen and oxygen atoms in total. The molecule has 1 saturated heterocycles. The van der Waals surface area contributed by atoms with Crippen molar-refractivity contribution in [1.29, 1.82) is 0 Å². The van der Waals surface area contributed by atoms with Crippen molar-refractivity contribution in [3.8, 4) is 0 Å². The summed E-state index contributed by atoms with van der Waals surface area (Å²) >= 11 is 3.38. The molecule has 7 heteroatoms. The van der Waals surface area contributed by atoms with Crippen LogP contribution in [0.5, 0.6) is 0 Å². The molecule has 0 bridgehead atoms. The van der Waals surface area contributed by atoms with E-state index in [0.717, 1.165) is 5.56 Å². The van der Waals surface area contributed by atoms with Gasteiger partial charge in [0.15, 0.2) is 0 Å². The van der Waals surface area contributed by atoms with Gasteiger partial charge in [0.05, 0.1) is 25.3 Å². The lowest BCUT2D eigenvalue weighted by Gasteiger charge is -2.37. The number of nitrogens with zero attached hydrogens (tertiary/aromatic N) is 1. The lowest BCUT2D eigenvalue weighted by Crippen LogP contribution is -2.47. The molecule has 0 aromatic heterocycles. The molecule has 2 atom stereocenters. The molecule has 0 radical (unpaired) electrons. The van der Waals surface area contributed by atoms with E-state index >= 15 is 0 Å². The number of halogens is 1. The van der Waals surface area contributed by atoms with E-state index < -0.39 is 23.8 Å². The molecule has 0 saturated carbocycles. The smallest absolute Gasteiger partial charge is 0.410 e. The molecule has 2 rings (SSSR count). The number of benzene rings is 1. The van der Waals surface area contributed by atoms with E-state index in [4.69, 9.17) is 9.47 Å². The number of rotatable bonds is 2. The molecule has 138 valence electrons. The summed E-state index contributed by atoms with van der Waals surface area (Å²) in [7, 11) is 1.33. The lowest BCUT2D eigenvalue weighted by molar-refractivity contribution is -0.00154. The van der Waals surface area contributed by atoms with Crippen LogP contribution in [-0.4, -0.2) is 54.0 Å². The first kappa shape index (κ1) is 19.7. The van der Waals surface area contributed by atoms with Crippen LogP contribution in [0.4, 0.5) is 4.79 Å². The maximum atomic E-state index is 12.1. The van der Waals surface area contributed by atoms with Gasteiger partial charge in [0, 0.05) is 16.9 Å². The van der Waals surface area contributed by atoms with E-state index in [1.807, 2.05) is 32.9 Å². The van der Waals surface area contributed by atoms with E-state index in [0.29, 0.717) is 23.0 Å². The third kappa shape index (κ3) is 4.95. The number of carbonyl (C=O) groups is 2. The van der Waals surface area contributed by atoms with Crippen molar-refractivity contribution in [3.63, 3.8) is 0 Å². The summed E-state index contributed by atoms with van der Waals surface area (Å²) in [5.74, 6) is -0.527. The summed E-state index contributed by atoms with van der Waals surface area (Å²) in [5.41, 5.74) is 0.788. The average Bonchev–Trinajstić information content (AvgIpc) is 2.52. The highest BCUT2D eigenvalue weighted by Crippen LogP contribution is 2.32. The minimum atomic E-state index is -0.697. The van der Waals surface area contributed by atoms with Crippen LogP contribution in [0.1, 0.15) is 49.0 Å². The van der Waals surface area contributed by atoms with Crippen molar-refractivity contribution in [2.45, 2.75) is 44.8 Å². The molecule has 1 amide bonds. The predicted molar refractivity (Wildman–Crippen MR) is 96.7 cm³/mol. The van der Waals surface area contributed by atoms with Gasteiger partial charge in [0.25, 0.3) is 0 Å². The van der Waals surface area contributed by atoms with Gasteiger partial charge in [-0.3, -0.25) is 0 Å². The lowest BCUT2D eigenvalue weighted by atomic mass is 9.87. The summed E-state index contributed by atoms with van der Waals surface area (Å²) in [5, 5.41) is 10.5. The zero-order chi connectivity index (χ0) is 18.8. The zero-order valence-electron chi connectivity index (χ0n) is 14.9. The zero-order valence-corrected chi connectivity index (χ0v) is 16.5. The second-order valence-electron chi connectivity index (χ2n) is 7.12. The van der Waals surface area contributed by atoms with Gasteiger partial charge in [-0.1, -0.05) is 6.07 Å². The molecule has 1 unspecified atom stereocenters. The number of hydrogen-bond acceptors (Lipinski definition) is 5. The standard InChI is InChI=1S/C18H24BrNO5/c1-18(2,3)25-17(23)20-8-7-12(15(21)10-20)11-5-6-13(14(19)9-11)16(22)24-4/h5-6,9,12,15,21H,7-8,10H2,1-4H3/t12?,15-/m0/s1. The Morgan fingerprint density at radius 1 is 1.32 bits per heavy atom. The average molecular weight is 414 g/mol. The van der Waals surface area contributed by atoms with Gasteiger partial charge in [0.1, 0.15) is 5.60 Å². The molecule has 1 aromatic carbocycles. The van der Waals surface area contributed by atoms with E-state index in [1.54, 1.807) is 6.07 Å². The number of hydrogen-bond donors (Lipinski definition) is 1. The summed E-state index contributed by atoms with van der Waals surface area (Å²) < 4.78 is 10.7. The van der Waals surface area contributed by atoms with Gasteiger partial charge in [-0.15, -0.1) is 0 Å². The number of esters is 1. The highest BCUT2D eigenvalue weighted by molar-refractivity contribution is 9.10. The third-order valence-corrected chi connectivity index (χ3v) is 4.72. The molecule has 0 spiro atoms. The fraction of sp³-hybridized carbons (Fsp3) is 0.556. The van der Waals surface area contributed by atoms with Crippen LogP contribution >= 0.6 is 15.9 Å². The molecular formula is C18H24BrNO5. The topological polar surface area (TPSA) is 76.1 Å². The highest BCUT2D eigenvalue weighted by Gasteiger charge is 2.33. The van der Waals surface area contributed by atoms with Crippen LogP contribution in [0.2, 0.25) is 0 Å². The Labute approximate surface area is 156 Å². The fourth-order valence-corrected chi connectivity index (χ4v) is 3.41. The Morgan fingerprint density at radius 2 is 2.00 bits per heavy atom. The van der Waals surface area contributed by atoms with Crippen LogP contribution in [0.3, 0.4) is 0 Å². The number of piperidine rings is 1. The number of methoxy groups -OCH3 is 1. The molecule has 1 fully saturated rings. The normalized spacial score (nSPS) is 21.0. The van der Waals surface area contributed by atoms with Crippen LogP contribution < -0.4 is 0 Å². The molecule has 1 aromatic rings. The molecular weight excluding hydrogens is 390 g/mol. The number of amides is 1. The van der Waals surface area contributed by atoms with Gasteiger partial charge < -0.3 is 19.5 Å². The number of aliphatic hydroxyl groups excluding tert-OH is 1. The maximum Gasteiger partial charge on any atom is 0.410 e. The summed E-state index contributed by atoms with van der Waals surface area (Å²) in [6.45, 7) is 6.17. The molecule has 1 aliphatic rings. The summed E-state index contributed by atoms with van der Waals surface area (Å²) in [4.78, 5) is 25.3. The number of β-amino-alcohol motifs (C(OH)–C–C–N with tert-alkyl or cyclic N) is 1. The first-order valence-corrected chi connectivity index (χ1v) is 8.95. The quantitative estimate of drug-likeness (QED) is 0.752. The number of ether oxygens (including phenoxy) is 2. The second-order valence-corrected chi connectivity index (χ2v) is 7.97. The molecule has 1 heterocycles. The van der Waals surface area contributed by atoms with Crippen molar-refractivity contribution in [2.24, 2.45) is 0 Å². The first-order valence-electron chi connectivity index (χ1n) is 8.16. The van der Waals surface area contributed by atoms with Gasteiger partial charge in [0.2, 0.25) is 0 Å². The van der Waals surface area contributed by atoms with Crippen LogP contribution in [-0.2, 0) is 9.47 Å². The largest absolute Gasteiger partial charge is 0.465 e. The van der Waals surface area contributed by atoms with Crippen LogP contribution in [0.25, 0.3) is 0 Å². The SMILES string of the molecule is COC(=O)c1ccc(C2CCN(C(=O)OC(C)(C)C)C[C@@H]2O)cc1Br. The Balaban J connectivity index is 2.08. The highest BCUT2D eigenvalue weighted by atomic mass is 79.9. The van der Waals surface area contributed by atoms with Crippen molar-refractivity contribution in [3.05, 3.63) is 33.8 Å². The van der Waals surface area contributed by atoms with Crippen LogP contribution in [0, 0.1) is 0 Å². The molecule has 1 N–H and O–H groups in total. The predicted octanol–water partition coefficient (Wildman–Crippen LogP) is 3.32. The Bertz CT molecular complexity index is 655. The molecule has 0 aliphatic carbocycles. The minimum absolute atomic E-state index is 0.110. The monoisotopic (exact) mass is 413 g/mol. The summed E-state index contributed by atoms with van der Waals surface area (Å²) in [6.07, 6.45) is -0.492. The van der Waals surface area contributed by atoms with Crippen molar-refractivity contribution >= 4 is 28.0 Å². The Morgan fingerprint density at radius 3 is 2.52 bits per heavy atom. The van der Waals surface area contributed by atoms with Crippen molar-refractivity contribution < 1.29 is 24.2 Å². The van der Waals surface area contributed by atoms with E-state index in [2.05, 4.69) is 15.9 Å². The van der Waals surface area contributed by atoms with E-state index in [9.17, 15) is 14.7 Å². The van der Waals surface area contributed by atoms with Crippen molar-refractivity contribution in [2.75, 3.05) is 20.2 Å². The third-order valence-electron chi connectivity index (χ3n) is 4.06. The van der Waals surface area contributed by atoms with Gasteiger partial charge in [-0.05, 0) is 60.8 Å². The second kappa shape index (κ2) is 7.74.